The second-order valence-electron chi connectivity index (χ2n) is 6.50. The Kier molecular flexibility index (Phi) is 4.95. The van der Waals surface area contributed by atoms with Crippen LogP contribution in [0.2, 0.25) is 0 Å². The molecule has 8 heteroatoms. The maximum absolute atomic E-state index is 12.2. The normalized spacial score (nSPS) is 13.9. The molecule has 28 heavy (non-hydrogen) atoms. The van der Waals surface area contributed by atoms with E-state index in [9.17, 15) is 9.59 Å². The van der Waals surface area contributed by atoms with Crippen molar-refractivity contribution in [3.8, 4) is 0 Å². The number of benzene rings is 1. The average Bonchev–Trinajstić information content (AvgIpc) is 3.27. The summed E-state index contributed by atoms with van der Waals surface area (Å²) in [6.07, 6.45) is 2.99. The molecule has 1 aliphatic rings. The van der Waals surface area contributed by atoms with Crippen LogP contribution in [0.3, 0.4) is 0 Å². The van der Waals surface area contributed by atoms with E-state index in [0.717, 1.165) is 40.1 Å². The van der Waals surface area contributed by atoms with Gasteiger partial charge in [0.05, 0.1) is 12.0 Å². The van der Waals surface area contributed by atoms with Crippen molar-refractivity contribution in [1.29, 1.82) is 0 Å². The topological polar surface area (TPSA) is 84.4 Å². The van der Waals surface area contributed by atoms with E-state index < -0.39 is 0 Å². The lowest BCUT2D eigenvalue weighted by atomic mass is 10.2. The van der Waals surface area contributed by atoms with E-state index in [1.54, 1.807) is 11.8 Å². The predicted molar refractivity (Wildman–Crippen MR) is 109 cm³/mol. The van der Waals surface area contributed by atoms with Crippen molar-refractivity contribution in [2.24, 2.45) is 0 Å². The minimum absolute atomic E-state index is 0.165. The van der Waals surface area contributed by atoms with E-state index in [4.69, 9.17) is 4.74 Å². The number of fused-ring (bicyclic) bond motifs is 1. The molecule has 0 aliphatic carbocycles. The number of ether oxygens (including phenoxy) is 1. The fraction of sp³-hybridized carbons (Fsp3) is 0.300. The number of hydrogen-bond donors (Lipinski definition) is 1. The highest BCUT2D eigenvalue weighted by Crippen LogP contribution is 2.35. The standard InChI is InChI=1S/C20H20N4O3S/c1-3-27-20(26)17-12(2)16-18(21-11-22-19(16)28-17)23-13-6-8-14(9-7-13)24-10-4-5-15(24)25/h6-9,11H,3-5,10H2,1-2H3,(H,21,22,23). The van der Waals surface area contributed by atoms with Gasteiger partial charge in [-0.3, -0.25) is 4.79 Å². The number of nitrogens with zero attached hydrogens (tertiary/aromatic N) is 3. The summed E-state index contributed by atoms with van der Waals surface area (Å²) in [5, 5.41) is 4.12. The van der Waals surface area contributed by atoms with E-state index in [-0.39, 0.29) is 11.9 Å². The van der Waals surface area contributed by atoms with Crippen molar-refractivity contribution in [3.05, 3.63) is 41.0 Å². The minimum atomic E-state index is -0.339. The van der Waals surface area contributed by atoms with Crippen LogP contribution in [0.15, 0.2) is 30.6 Å². The van der Waals surface area contributed by atoms with E-state index in [0.29, 0.717) is 23.7 Å². The van der Waals surface area contributed by atoms with Crippen LogP contribution in [0.25, 0.3) is 10.2 Å². The number of thiophene rings is 1. The Morgan fingerprint density at radius 3 is 2.75 bits per heavy atom. The van der Waals surface area contributed by atoms with Gasteiger partial charge in [0.25, 0.3) is 0 Å². The molecule has 7 nitrogen and oxygen atoms in total. The number of nitrogens with one attached hydrogen (secondary N) is 1. The molecule has 1 N–H and O–H groups in total. The smallest absolute Gasteiger partial charge is 0.348 e. The molecule has 3 heterocycles. The Balaban J connectivity index is 1.63. The fourth-order valence-corrected chi connectivity index (χ4v) is 4.38. The predicted octanol–water partition coefficient (Wildman–Crippen LogP) is 4.05. The number of carbonyl (C=O) groups is 2. The molecule has 1 amide bonds. The first-order valence-electron chi connectivity index (χ1n) is 9.17. The maximum atomic E-state index is 12.2. The monoisotopic (exact) mass is 396 g/mol. The van der Waals surface area contributed by atoms with E-state index in [1.807, 2.05) is 31.2 Å². The van der Waals surface area contributed by atoms with Gasteiger partial charge in [-0.05, 0) is 50.1 Å². The molecule has 0 radical (unpaired) electrons. The van der Waals surface area contributed by atoms with Crippen LogP contribution in [-0.4, -0.2) is 35.0 Å². The molecule has 3 aromatic rings. The zero-order chi connectivity index (χ0) is 19.7. The molecule has 1 saturated heterocycles. The Bertz CT molecular complexity index is 1050. The largest absolute Gasteiger partial charge is 0.462 e. The van der Waals surface area contributed by atoms with Crippen LogP contribution < -0.4 is 10.2 Å². The first-order chi connectivity index (χ1) is 13.6. The van der Waals surface area contributed by atoms with Crippen molar-refractivity contribution >= 4 is 50.6 Å². The second kappa shape index (κ2) is 7.55. The number of esters is 1. The second-order valence-corrected chi connectivity index (χ2v) is 7.50. The Morgan fingerprint density at radius 1 is 1.29 bits per heavy atom. The summed E-state index contributed by atoms with van der Waals surface area (Å²) in [5.41, 5.74) is 2.55. The summed E-state index contributed by atoms with van der Waals surface area (Å²) in [4.78, 5) is 35.8. The molecule has 2 aromatic heterocycles. The van der Waals surface area contributed by atoms with Gasteiger partial charge in [-0.1, -0.05) is 0 Å². The van der Waals surface area contributed by atoms with Crippen LogP contribution in [0.4, 0.5) is 17.2 Å². The Hall–Kier alpha value is -3.00. The van der Waals surface area contributed by atoms with Crippen molar-refractivity contribution in [2.45, 2.75) is 26.7 Å². The van der Waals surface area contributed by atoms with Crippen molar-refractivity contribution in [1.82, 2.24) is 9.97 Å². The fourth-order valence-electron chi connectivity index (χ4n) is 3.34. The van der Waals surface area contributed by atoms with Crippen LogP contribution in [0.5, 0.6) is 0 Å². The number of anilines is 3. The van der Waals surface area contributed by atoms with Crippen LogP contribution in [0, 0.1) is 6.92 Å². The first-order valence-corrected chi connectivity index (χ1v) is 9.98. The quantitative estimate of drug-likeness (QED) is 0.655. The molecule has 0 atom stereocenters. The van der Waals surface area contributed by atoms with Gasteiger partial charge < -0.3 is 15.0 Å². The zero-order valence-electron chi connectivity index (χ0n) is 15.7. The molecule has 1 aliphatic heterocycles. The third-order valence-electron chi connectivity index (χ3n) is 4.70. The molecular weight excluding hydrogens is 376 g/mol. The molecule has 0 spiro atoms. The van der Waals surface area contributed by atoms with Crippen LogP contribution >= 0.6 is 11.3 Å². The summed E-state index contributed by atoms with van der Waals surface area (Å²) in [7, 11) is 0. The molecule has 1 aromatic carbocycles. The minimum Gasteiger partial charge on any atom is -0.462 e. The SMILES string of the molecule is CCOC(=O)c1sc2ncnc(Nc3ccc(N4CCCC4=O)cc3)c2c1C. The lowest BCUT2D eigenvalue weighted by Gasteiger charge is -2.16. The molecule has 0 saturated carbocycles. The third-order valence-corrected chi connectivity index (χ3v) is 5.88. The summed E-state index contributed by atoms with van der Waals surface area (Å²) in [5.74, 6) is 0.464. The molecular formula is C20H20N4O3S. The first kappa shape index (κ1) is 18.4. The number of aromatic nitrogens is 2. The molecule has 0 bridgehead atoms. The van der Waals surface area contributed by atoms with Crippen molar-refractivity contribution < 1.29 is 14.3 Å². The van der Waals surface area contributed by atoms with Gasteiger partial charge in [-0.2, -0.15) is 0 Å². The molecule has 0 unspecified atom stereocenters. The zero-order valence-corrected chi connectivity index (χ0v) is 16.5. The average molecular weight is 396 g/mol. The maximum Gasteiger partial charge on any atom is 0.348 e. The lowest BCUT2D eigenvalue weighted by molar-refractivity contribution is -0.117. The van der Waals surface area contributed by atoms with Crippen molar-refractivity contribution in [3.63, 3.8) is 0 Å². The summed E-state index contributed by atoms with van der Waals surface area (Å²) >= 11 is 1.31. The van der Waals surface area contributed by atoms with Gasteiger partial charge in [0.2, 0.25) is 5.91 Å². The lowest BCUT2D eigenvalue weighted by Crippen LogP contribution is -2.23. The van der Waals surface area contributed by atoms with E-state index in [2.05, 4.69) is 15.3 Å². The summed E-state index contributed by atoms with van der Waals surface area (Å²) in [6.45, 7) is 4.76. The molecule has 4 rings (SSSR count). The summed E-state index contributed by atoms with van der Waals surface area (Å²) in [6, 6.07) is 7.69. The number of rotatable bonds is 5. The highest BCUT2D eigenvalue weighted by molar-refractivity contribution is 7.20. The van der Waals surface area contributed by atoms with E-state index in [1.165, 1.54) is 17.7 Å². The number of carbonyl (C=O) groups excluding carboxylic acids is 2. The Labute approximate surface area is 166 Å². The van der Waals surface area contributed by atoms with Gasteiger partial charge in [-0.15, -0.1) is 11.3 Å². The van der Waals surface area contributed by atoms with Gasteiger partial charge in [0, 0.05) is 24.3 Å². The molecule has 1 fully saturated rings. The van der Waals surface area contributed by atoms with Gasteiger partial charge in [0.15, 0.2) is 0 Å². The van der Waals surface area contributed by atoms with Gasteiger partial charge in [-0.25, -0.2) is 14.8 Å². The summed E-state index contributed by atoms with van der Waals surface area (Å²) < 4.78 is 5.14. The van der Waals surface area contributed by atoms with Crippen LogP contribution in [-0.2, 0) is 9.53 Å². The van der Waals surface area contributed by atoms with Gasteiger partial charge >= 0.3 is 5.97 Å². The van der Waals surface area contributed by atoms with Crippen molar-refractivity contribution in [2.75, 3.05) is 23.4 Å². The molecule has 144 valence electrons. The van der Waals surface area contributed by atoms with E-state index >= 15 is 0 Å². The van der Waals surface area contributed by atoms with Gasteiger partial charge in [0.1, 0.15) is 21.9 Å². The van der Waals surface area contributed by atoms with Crippen LogP contribution in [0.1, 0.15) is 35.0 Å². The highest BCUT2D eigenvalue weighted by atomic mass is 32.1. The number of hydrogen-bond acceptors (Lipinski definition) is 7. The third kappa shape index (κ3) is 3.31. The highest BCUT2D eigenvalue weighted by Gasteiger charge is 2.22. The number of aryl methyl sites for hydroxylation is 1. The Morgan fingerprint density at radius 2 is 2.07 bits per heavy atom. The number of amides is 1.